The van der Waals surface area contributed by atoms with Gasteiger partial charge in [0.15, 0.2) is 5.82 Å². The quantitative estimate of drug-likeness (QED) is 0.600. The van der Waals surface area contributed by atoms with Crippen molar-refractivity contribution in [1.82, 2.24) is 25.0 Å². The highest BCUT2D eigenvalue weighted by Gasteiger charge is 2.18. The number of H-pyrrole nitrogens is 1. The molecule has 8 heteroatoms. The molecule has 3 aromatic heterocycles. The second-order valence-corrected chi connectivity index (χ2v) is 5.62. The van der Waals surface area contributed by atoms with Crippen LogP contribution in [0, 0.1) is 11.6 Å². The van der Waals surface area contributed by atoms with Crippen molar-refractivity contribution in [3.8, 4) is 22.5 Å². The Balaban J connectivity index is 1.93. The Hall–Kier alpha value is -3.29. The van der Waals surface area contributed by atoms with Crippen molar-refractivity contribution in [2.45, 2.75) is 0 Å². The van der Waals surface area contributed by atoms with E-state index in [4.69, 9.17) is 0 Å². The number of aromatic amines is 1. The van der Waals surface area contributed by atoms with Crippen molar-refractivity contribution >= 4 is 16.6 Å². The second-order valence-electron chi connectivity index (χ2n) is 5.62. The average Bonchev–Trinajstić information content (AvgIpc) is 3.20. The zero-order chi connectivity index (χ0) is 17.6. The van der Waals surface area contributed by atoms with E-state index in [1.54, 1.807) is 31.0 Å². The summed E-state index contributed by atoms with van der Waals surface area (Å²) in [6, 6.07) is 4.20. The average molecular weight is 340 g/mol. The van der Waals surface area contributed by atoms with E-state index >= 15 is 0 Å². The fraction of sp³-hybridized carbons (Fsp3) is 0.118. The molecule has 0 bridgehead atoms. The maximum Gasteiger partial charge on any atom is 0.158 e. The number of hydrogen-bond donors (Lipinski definition) is 2. The molecule has 0 radical (unpaired) electrons. The molecule has 3 heterocycles. The van der Waals surface area contributed by atoms with Crippen LogP contribution in [-0.2, 0) is 7.05 Å². The van der Waals surface area contributed by atoms with E-state index in [0.29, 0.717) is 16.6 Å². The van der Waals surface area contributed by atoms with Gasteiger partial charge in [0.05, 0.1) is 34.9 Å². The smallest absolute Gasteiger partial charge is 0.158 e. The van der Waals surface area contributed by atoms with Crippen molar-refractivity contribution in [3.05, 3.63) is 48.4 Å². The van der Waals surface area contributed by atoms with E-state index < -0.39 is 11.6 Å². The number of nitrogens with one attached hydrogen (secondary N) is 2. The van der Waals surface area contributed by atoms with Crippen LogP contribution in [0.1, 0.15) is 0 Å². The van der Waals surface area contributed by atoms with Crippen molar-refractivity contribution < 1.29 is 8.78 Å². The molecule has 0 atom stereocenters. The molecule has 0 saturated heterocycles. The predicted molar refractivity (Wildman–Crippen MR) is 91.0 cm³/mol. The topological polar surface area (TPSA) is 71.4 Å². The Labute approximate surface area is 141 Å². The normalized spacial score (nSPS) is 11.2. The number of fused-ring (bicyclic) bond motifs is 1. The number of hydrogen-bond acceptors (Lipinski definition) is 4. The molecule has 0 aliphatic rings. The van der Waals surface area contributed by atoms with E-state index in [0.717, 1.165) is 5.56 Å². The van der Waals surface area contributed by atoms with Crippen LogP contribution in [0.5, 0.6) is 0 Å². The lowest BCUT2D eigenvalue weighted by Gasteiger charge is -2.09. The van der Waals surface area contributed by atoms with E-state index in [2.05, 4.69) is 25.6 Å². The van der Waals surface area contributed by atoms with Crippen LogP contribution < -0.4 is 5.32 Å². The van der Waals surface area contributed by atoms with Gasteiger partial charge < -0.3 is 5.32 Å². The molecule has 4 aromatic rings. The molecule has 2 N–H and O–H groups in total. The lowest BCUT2D eigenvalue weighted by molar-refractivity contribution is 0.591. The lowest BCUT2D eigenvalue weighted by Crippen LogP contribution is -1.98. The summed E-state index contributed by atoms with van der Waals surface area (Å²) in [5.41, 5.74) is 2.36. The summed E-state index contributed by atoms with van der Waals surface area (Å²) in [7, 11) is 3.38. The summed E-state index contributed by atoms with van der Waals surface area (Å²) in [5, 5.41) is 14.7. The maximum atomic E-state index is 14.6. The third-order valence-electron chi connectivity index (χ3n) is 4.04. The molecule has 0 unspecified atom stereocenters. The number of benzene rings is 1. The van der Waals surface area contributed by atoms with Gasteiger partial charge in [0, 0.05) is 31.2 Å². The fourth-order valence-electron chi connectivity index (χ4n) is 2.80. The number of rotatable bonds is 3. The van der Waals surface area contributed by atoms with Gasteiger partial charge in [-0.05, 0) is 18.2 Å². The fourth-order valence-corrected chi connectivity index (χ4v) is 2.80. The first-order valence-electron chi connectivity index (χ1n) is 7.57. The number of aryl methyl sites for hydroxylation is 1. The van der Waals surface area contributed by atoms with E-state index in [-0.39, 0.29) is 16.9 Å². The highest BCUT2D eigenvalue weighted by Crippen LogP contribution is 2.33. The Kier molecular flexibility index (Phi) is 3.45. The van der Waals surface area contributed by atoms with Gasteiger partial charge in [0.1, 0.15) is 11.5 Å². The Morgan fingerprint density at radius 1 is 1.20 bits per heavy atom. The van der Waals surface area contributed by atoms with Crippen LogP contribution in [0.4, 0.5) is 14.5 Å². The minimum absolute atomic E-state index is 0.174. The van der Waals surface area contributed by atoms with Crippen LogP contribution in [0.2, 0.25) is 0 Å². The molecule has 0 spiro atoms. The third-order valence-corrected chi connectivity index (χ3v) is 4.04. The number of aromatic nitrogens is 5. The molecule has 25 heavy (non-hydrogen) atoms. The van der Waals surface area contributed by atoms with Crippen LogP contribution >= 0.6 is 0 Å². The van der Waals surface area contributed by atoms with Gasteiger partial charge in [-0.2, -0.15) is 10.2 Å². The molecule has 0 aliphatic heterocycles. The molecule has 4 rings (SSSR count). The molecule has 1 aromatic carbocycles. The number of nitrogens with zero attached hydrogens (tertiary/aromatic N) is 4. The number of pyridine rings is 1. The molecule has 0 fully saturated rings. The minimum atomic E-state index is -0.680. The van der Waals surface area contributed by atoms with Gasteiger partial charge >= 0.3 is 0 Å². The first-order valence-corrected chi connectivity index (χ1v) is 7.57. The molecular weight excluding hydrogens is 326 g/mol. The highest BCUT2D eigenvalue weighted by atomic mass is 19.1. The SMILES string of the molecule is CNc1ccc(F)c(-c2cc3c(-c4cnn(C)c4)n[nH]c3cn2)c1F. The Morgan fingerprint density at radius 3 is 2.76 bits per heavy atom. The molecule has 126 valence electrons. The summed E-state index contributed by atoms with van der Waals surface area (Å²) in [6.45, 7) is 0. The predicted octanol–water partition coefficient (Wildman–Crippen LogP) is 3.35. The first kappa shape index (κ1) is 15.3. The largest absolute Gasteiger partial charge is 0.386 e. The van der Waals surface area contributed by atoms with E-state index in [1.807, 2.05) is 6.20 Å². The standard InChI is InChI=1S/C17H14F2N6/c1-20-12-4-3-11(18)15(16(12)19)13-5-10-14(7-21-13)23-24-17(10)9-6-22-25(2)8-9/h3-8,20H,1-2H3,(H,23,24). The van der Waals surface area contributed by atoms with Crippen molar-refractivity contribution in [1.29, 1.82) is 0 Å². The van der Waals surface area contributed by atoms with Crippen LogP contribution in [0.3, 0.4) is 0 Å². The zero-order valence-electron chi connectivity index (χ0n) is 13.5. The Bertz CT molecular complexity index is 1080. The van der Waals surface area contributed by atoms with E-state index in [9.17, 15) is 8.78 Å². The maximum absolute atomic E-state index is 14.6. The summed E-state index contributed by atoms with van der Waals surface area (Å²) in [6.07, 6.45) is 5.01. The second kappa shape index (κ2) is 5.66. The van der Waals surface area contributed by atoms with E-state index in [1.165, 1.54) is 18.3 Å². The minimum Gasteiger partial charge on any atom is -0.386 e. The van der Waals surface area contributed by atoms with Crippen LogP contribution in [-0.4, -0.2) is 32.0 Å². The third kappa shape index (κ3) is 2.42. The number of anilines is 1. The molecule has 0 saturated carbocycles. The van der Waals surface area contributed by atoms with Crippen LogP contribution in [0.25, 0.3) is 33.4 Å². The van der Waals surface area contributed by atoms with Crippen molar-refractivity contribution in [2.75, 3.05) is 12.4 Å². The highest BCUT2D eigenvalue weighted by molar-refractivity contribution is 5.94. The summed E-state index contributed by atoms with van der Waals surface area (Å²) >= 11 is 0. The molecular formula is C17H14F2N6. The molecule has 0 amide bonds. The van der Waals surface area contributed by atoms with Crippen molar-refractivity contribution in [3.63, 3.8) is 0 Å². The summed E-state index contributed by atoms with van der Waals surface area (Å²) < 4.78 is 30.5. The Morgan fingerprint density at radius 2 is 2.04 bits per heavy atom. The van der Waals surface area contributed by atoms with Gasteiger partial charge in [-0.25, -0.2) is 8.78 Å². The summed E-state index contributed by atoms with van der Waals surface area (Å²) in [4.78, 5) is 4.19. The summed E-state index contributed by atoms with van der Waals surface area (Å²) in [5.74, 6) is -1.35. The zero-order valence-corrected chi connectivity index (χ0v) is 13.5. The van der Waals surface area contributed by atoms with Gasteiger partial charge in [-0.15, -0.1) is 0 Å². The van der Waals surface area contributed by atoms with Gasteiger partial charge in [0.25, 0.3) is 0 Å². The lowest BCUT2D eigenvalue weighted by atomic mass is 10.1. The monoisotopic (exact) mass is 340 g/mol. The van der Waals surface area contributed by atoms with Gasteiger partial charge in [-0.1, -0.05) is 0 Å². The van der Waals surface area contributed by atoms with Gasteiger partial charge in [0.2, 0.25) is 0 Å². The van der Waals surface area contributed by atoms with Gasteiger partial charge in [-0.3, -0.25) is 14.8 Å². The number of halogens is 2. The van der Waals surface area contributed by atoms with Crippen LogP contribution in [0.15, 0.2) is 36.8 Å². The first-order chi connectivity index (χ1) is 12.1. The molecule has 6 nitrogen and oxygen atoms in total. The van der Waals surface area contributed by atoms with Crippen molar-refractivity contribution in [2.24, 2.45) is 7.05 Å². The molecule has 0 aliphatic carbocycles.